The molecule has 2 fully saturated rings. The number of nitrogens with zero attached hydrogens (tertiary/aromatic N) is 3. The first-order valence-corrected chi connectivity index (χ1v) is 11.0. The molecule has 1 atom stereocenters. The van der Waals surface area contributed by atoms with Gasteiger partial charge in [-0.3, -0.25) is 4.99 Å². The van der Waals surface area contributed by atoms with Crippen molar-refractivity contribution in [3.05, 3.63) is 54.1 Å². The molecule has 8 nitrogen and oxygen atoms in total. The van der Waals surface area contributed by atoms with Gasteiger partial charge in [0.05, 0.1) is 25.3 Å². The number of carboxylic acids is 1. The van der Waals surface area contributed by atoms with Gasteiger partial charge in [0.25, 0.3) is 0 Å². The van der Waals surface area contributed by atoms with Gasteiger partial charge in [-0.1, -0.05) is 6.07 Å². The second-order valence-corrected chi connectivity index (χ2v) is 7.98. The van der Waals surface area contributed by atoms with Gasteiger partial charge in [0.15, 0.2) is 5.96 Å². The smallest absolute Gasteiger partial charge is 0.335 e. The first-order chi connectivity index (χ1) is 15.6. The van der Waals surface area contributed by atoms with Crippen LogP contribution in [0.4, 0.5) is 11.4 Å². The Balaban J connectivity index is 1.45. The first-order valence-electron chi connectivity index (χ1n) is 11.0. The normalized spacial score (nSPS) is 19.2. The second kappa shape index (κ2) is 10.4. The summed E-state index contributed by atoms with van der Waals surface area (Å²) >= 11 is 0. The molecule has 2 aromatic rings. The van der Waals surface area contributed by atoms with Gasteiger partial charge in [-0.2, -0.15) is 0 Å². The van der Waals surface area contributed by atoms with E-state index in [0.29, 0.717) is 12.2 Å². The van der Waals surface area contributed by atoms with E-state index in [9.17, 15) is 9.90 Å². The fraction of sp³-hybridized carbons (Fsp3) is 0.417. The number of hydrogen-bond donors (Lipinski definition) is 2. The van der Waals surface area contributed by atoms with E-state index in [1.807, 2.05) is 18.2 Å². The monoisotopic (exact) mass is 438 g/mol. The minimum Gasteiger partial charge on any atom is -0.497 e. The molecule has 0 spiro atoms. The summed E-state index contributed by atoms with van der Waals surface area (Å²) in [5.41, 5.74) is 2.14. The van der Waals surface area contributed by atoms with Gasteiger partial charge in [0.1, 0.15) is 5.75 Å². The molecule has 8 heteroatoms. The molecule has 0 bridgehead atoms. The molecular weight excluding hydrogens is 408 g/mol. The van der Waals surface area contributed by atoms with Crippen LogP contribution in [-0.2, 0) is 4.74 Å². The maximum Gasteiger partial charge on any atom is 0.335 e. The Morgan fingerprint density at radius 1 is 1.19 bits per heavy atom. The third-order valence-corrected chi connectivity index (χ3v) is 5.85. The molecular formula is C24H30N4O4. The molecule has 0 aromatic heterocycles. The number of carboxylic acid groups (broad SMARTS) is 1. The van der Waals surface area contributed by atoms with Crippen LogP contribution >= 0.6 is 0 Å². The van der Waals surface area contributed by atoms with Crippen LogP contribution in [0.25, 0.3) is 0 Å². The number of rotatable bonds is 6. The van der Waals surface area contributed by atoms with Crippen LogP contribution in [0.2, 0.25) is 0 Å². The first kappa shape index (κ1) is 22.0. The van der Waals surface area contributed by atoms with E-state index in [4.69, 9.17) is 14.5 Å². The zero-order chi connectivity index (χ0) is 22.3. The molecule has 0 saturated carbocycles. The Kier molecular flexibility index (Phi) is 7.11. The van der Waals surface area contributed by atoms with Crippen molar-refractivity contribution in [2.45, 2.75) is 18.9 Å². The zero-order valence-corrected chi connectivity index (χ0v) is 18.4. The van der Waals surface area contributed by atoms with Crippen molar-refractivity contribution in [1.29, 1.82) is 0 Å². The van der Waals surface area contributed by atoms with E-state index in [2.05, 4.69) is 27.2 Å². The van der Waals surface area contributed by atoms with Crippen molar-refractivity contribution >= 4 is 23.3 Å². The molecule has 2 N–H and O–H groups in total. The maximum atomic E-state index is 11.4. The highest BCUT2D eigenvalue weighted by Gasteiger charge is 2.22. The van der Waals surface area contributed by atoms with Gasteiger partial charge in [-0.15, -0.1) is 0 Å². The van der Waals surface area contributed by atoms with Crippen LogP contribution in [-0.4, -0.2) is 74.5 Å². The van der Waals surface area contributed by atoms with Crippen LogP contribution in [0.1, 0.15) is 23.2 Å². The summed E-state index contributed by atoms with van der Waals surface area (Å²) in [6.07, 6.45) is 2.25. The average Bonchev–Trinajstić information content (AvgIpc) is 3.36. The molecule has 2 aromatic carbocycles. The molecule has 4 rings (SSSR count). The van der Waals surface area contributed by atoms with Crippen molar-refractivity contribution in [3.8, 4) is 5.75 Å². The third-order valence-electron chi connectivity index (χ3n) is 5.85. The van der Waals surface area contributed by atoms with Crippen LogP contribution in [0, 0.1) is 0 Å². The van der Waals surface area contributed by atoms with Crippen molar-refractivity contribution < 1.29 is 19.4 Å². The lowest BCUT2D eigenvalue weighted by Gasteiger charge is -2.38. The quantitative estimate of drug-likeness (QED) is 0.529. The number of benzene rings is 2. The van der Waals surface area contributed by atoms with Crippen LogP contribution < -0.4 is 15.0 Å². The van der Waals surface area contributed by atoms with E-state index in [0.717, 1.165) is 57.3 Å². The molecule has 1 unspecified atom stereocenters. The predicted octanol–water partition coefficient (Wildman–Crippen LogP) is 3.16. The summed E-state index contributed by atoms with van der Waals surface area (Å²) < 4.78 is 11.0. The van der Waals surface area contributed by atoms with Gasteiger partial charge in [-0.25, -0.2) is 4.79 Å². The fourth-order valence-corrected chi connectivity index (χ4v) is 4.02. The molecule has 2 aliphatic rings. The topological polar surface area (TPSA) is 86.6 Å². The van der Waals surface area contributed by atoms with Gasteiger partial charge < -0.3 is 29.7 Å². The predicted molar refractivity (Wildman–Crippen MR) is 125 cm³/mol. The molecule has 2 heterocycles. The number of guanidine groups is 1. The highest BCUT2D eigenvalue weighted by atomic mass is 16.5. The summed E-state index contributed by atoms with van der Waals surface area (Å²) in [7, 11) is 1.67. The third kappa shape index (κ3) is 5.50. The van der Waals surface area contributed by atoms with E-state index in [1.165, 1.54) is 5.69 Å². The fourth-order valence-electron chi connectivity index (χ4n) is 4.02. The lowest BCUT2D eigenvalue weighted by Crippen LogP contribution is -2.51. The number of aromatic carboxylic acids is 1. The van der Waals surface area contributed by atoms with E-state index < -0.39 is 5.97 Å². The summed E-state index contributed by atoms with van der Waals surface area (Å²) in [6.45, 7) is 4.73. The van der Waals surface area contributed by atoms with E-state index >= 15 is 0 Å². The number of carbonyl (C=O) groups is 1. The molecule has 32 heavy (non-hydrogen) atoms. The molecule has 0 amide bonds. The molecule has 2 aliphatic heterocycles. The van der Waals surface area contributed by atoms with Gasteiger partial charge in [0.2, 0.25) is 0 Å². The van der Waals surface area contributed by atoms with Gasteiger partial charge >= 0.3 is 5.97 Å². The minimum absolute atomic E-state index is 0.151. The van der Waals surface area contributed by atoms with Crippen molar-refractivity contribution in [2.75, 3.05) is 56.7 Å². The van der Waals surface area contributed by atoms with E-state index in [1.54, 1.807) is 25.3 Å². The maximum absolute atomic E-state index is 11.4. The zero-order valence-electron chi connectivity index (χ0n) is 18.4. The average molecular weight is 439 g/mol. The second-order valence-electron chi connectivity index (χ2n) is 7.98. The van der Waals surface area contributed by atoms with Gasteiger partial charge in [-0.05, 0) is 55.3 Å². The van der Waals surface area contributed by atoms with Crippen LogP contribution in [0.3, 0.4) is 0 Å². The number of piperazine rings is 1. The standard InChI is InChI=1S/C24H30N4O4/c1-31-21-9-7-20(8-10-21)27-11-13-28(14-12-27)24(25-17-22-6-3-15-32-22)26-19-5-2-4-18(16-19)23(29)30/h2,4-5,7-10,16,22H,3,6,11-15,17H2,1H3,(H,25,26)(H,29,30). The van der Waals surface area contributed by atoms with Crippen molar-refractivity contribution in [1.82, 2.24) is 4.90 Å². The Morgan fingerprint density at radius 3 is 2.62 bits per heavy atom. The Bertz CT molecular complexity index is 933. The number of ether oxygens (including phenoxy) is 2. The number of nitrogens with one attached hydrogen (secondary N) is 1. The number of aliphatic imine (C=N–C) groups is 1. The Labute approximate surface area is 188 Å². The molecule has 0 aliphatic carbocycles. The van der Waals surface area contributed by atoms with Crippen LogP contribution in [0.5, 0.6) is 5.75 Å². The van der Waals surface area contributed by atoms with Crippen LogP contribution in [0.15, 0.2) is 53.5 Å². The highest BCUT2D eigenvalue weighted by Crippen LogP contribution is 2.21. The molecule has 2 saturated heterocycles. The Morgan fingerprint density at radius 2 is 1.97 bits per heavy atom. The summed E-state index contributed by atoms with van der Waals surface area (Å²) in [5.74, 6) is 0.667. The lowest BCUT2D eigenvalue weighted by atomic mass is 10.2. The van der Waals surface area contributed by atoms with Gasteiger partial charge in [0, 0.05) is 44.2 Å². The Hall–Kier alpha value is -3.26. The molecule has 0 radical (unpaired) electrons. The number of methoxy groups -OCH3 is 1. The number of hydrogen-bond acceptors (Lipinski definition) is 5. The minimum atomic E-state index is -0.945. The van der Waals surface area contributed by atoms with Crippen molar-refractivity contribution in [3.63, 3.8) is 0 Å². The SMILES string of the molecule is COc1ccc(N2CCN(C(=NCC3CCCO3)Nc3cccc(C(=O)O)c3)CC2)cc1. The largest absolute Gasteiger partial charge is 0.497 e. The van der Waals surface area contributed by atoms with E-state index in [-0.39, 0.29) is 11.7 Å². The summed E-state index contributed by atoms with van der Waals surface area (Å²) in [5, 5.41) is 12.7. The summed E-state index contributed by atoms with van der Waals surface area (Å²) in [4.78, 5) is 20.8. The van der Waals surface area contributed by atoms with Crippen molar-refractivity contribution in [2.24, 2.45) is 4.99 Å². The lowest BCUT2D eigenvalue weighted by molar-refractivity contribution is 0.0697. The highest BCUT2D eigenvalue weighted by molar-refractivity contribution is 5.96. The summed E-state index contributed by atoms with van der Waals surface area (Å²) in [6, 6.07) is 14.9. The molecule has 170 valence electrons. The number of anilines is 2.